The number of esters is 1. The average Bonchev–Trinajstić information content (AvgIpc) is 3.45. The van der Waals surface area contributed by atoms with Crippen molar-refractivity contribution in [3.8, 4) is 0 Å². The van der Waals surface area contributed by atoms with Crippen LogP contribution in [0, 0.1) is 34.5 Å². The smallest absolute Gasteiger partial charge is 0.302 e. The molecule has 4 aliphatic carbocycles. The van der Waals surface area contributed by atoms with Gasteiger partial charge >= 0.3 is 5.97 Å². The van der Waals surface area contributed by atoms with Gasteiger partial charge in [0.05, 0.1) is 18.0 Å². The third-order valence-corrected chi connectivity index (χ3v) is 9.84. The zero-order valence-corrected chi connectivity index (χ0v) is 20.8. The van der Waals surface area contributed by atoms with Gasteiger partial charge in [-0.2, -0.15) is 0 Å². The van der Waals surface area contributed by atoms with Gasteiger partial charge in [0, 0.05) is 43.1 Å². The minimum atomic E-state index is -0.242. The number of hydrogen-bond acceptors (Lipinski definition) is 8. The standard InChI is InChI=1S/C26H39N3O5/c1-16(30)33-15-26-10-6-17(28-34-18-8-11-27-14-18)12-22(26)23(29-32-3)13-19-20-4-5-24(31)25(20,2)9-7-21(19)26/h18-22,27H,4-15H2,1-3H3/b28-17+,29-23+. The molecule has 7 unspecified atom stereocenters. The lowest BCUT2D eigenvalue weighted by Crippen LogP contribution is -2.59. The molecule has 1 heterocycles. The van der Waals surface area contributed by atoms with E-state index in [1.54, 1.807) is 7.11 Å². The quantitative estimate of drug-likeness (QED) is 0.485. The second-order valence-corrected chi connectivity index (χ2v) is 11.4. The Balaban J connectivity index is 1.47. The molecule has 1 aliphatic heterocycles. The Hall–Kier alpha value is -1.96. The van der Waals surface area contributed by atoms with Gasteiger partial charge in [-0.3, -0.25) is 9.59 Å². The summed E-state index contributed by atoms with van der Waals surface area (Å²) >= 11 is 0. The molecule has 0 aromatic heterocycles. The number of ketones is 1. The third kappa shape index (κ3) is 3.95. The van der Waals surface area contributed by atoms with Crippen LogP contribution in [-0.4, -0.2) is 56.1 Å². The molecular formula is C26H39N3O5. The Kier molecular flexibility index (Phi) is 6.46. The SMILES string of the molecule is CO/N=C1\CC2C3CCC(=O)C3(C)CCC2C2(COC(C)=O)CC/C(=N\OC3CCNC3)CC12. The van der Waals surface area contributed by atoms with E-state index in [4.69, 9.17) is 14.4 Å². The molecule has 0 amide bonds. The first-order chi connectivity index (χ1) is 16.4. The maximum atomic E-state index is 12.9. The minimum Gasteiger partial charge on any atom is -0.465 e. The Labute approximate surface area is 202 Å². The molecule has 1 saturated heterocycles. The highest BCUT2D eigenvalue weighted by Gasteiger charge is 2.63. The molecule has 0 bridgehead atoms. The molecule has 0 aromatic carbocycles. The maximum absolute atomic E-state index is 12.9. The fourth-order valence-electron chi connectivity index (χ4n) is 8.11. The number of carbonyl (C=O) groups excluding carboxylic acids is 2. The second kappa shape index (κ2) is 9.25. The van der Waals surface area contributed by atoms with Crippen molar-refractivity contribution in [1.29, 1.82) is 0 Å². The Bertz CT molecular complexity index is 882. The summed E-state index contributed by atoms with van der Waals surface area (Å²) in [5.41, 5.74) is 1.68. The van der Waals surface area contributed by atoms with Gasteiger partial charge in [0.2, 0.25) is 0 Å². The maximum Gasteiger partial charge on any atom is 0.302 e. The van der Waals surface area contributed by atoms with Crippen LogP contribution in [0.5, 0.6) is 0 Å². The average molecular weight is 474 g/mol. The predicted octanol–water partition coefficient (Wildman–Crippen LogP) is 3.49. The summed E-state index contributed by atoms with van der Waals surface area (Å²) in [6, 6.07) is 0. The van der Waals surface area contributed by atoms with E-state index >= 15 is 0 Å². The number of rotatable bonds is 5. The molecule has 5 fully saturated rings. The van der Waals surface area contributed by atoms with Crippen LogP contribution in [-0.2, 0) is 24.0 Å². The molecule has 0 spiro atoms. The van der Waals surface area contributed by atoms with E-state index in [-0.39, 0.29) is 28.8 Å². The minimum absolute atomic E-state index is 0.104. The Morgan fingerprint density at radius 1 is 1.12 bits per heavy atom. The number of carbonyl (C=O) groups is 2. The van der Waals surface area contributed by atoms with Gasteiger partial charge in [0.15, 0.2) is 0 Å². The Morgan fingerprint density at radius 2 is 1.97 bits per heavy atom. The molecule has 0 aromatic rings. The molecule has 8 heteroatoms. The highest BCUT2D eigenvalue weighted by molar-refractivity contribution is 5.96. The third-order valence-electron chi connectivity index (χ3n) is 9.84. The first kappa shape index (κ1) is 23.8. The normalized spacial score (nSPS) is 43.9. The van der Waals surface area contributed by atoms with Crippen LogP contribution in [0.15, 0.2) is 10.3 Å². The first-order valence-electron chi connectivity index (χ1n) is 13.1. The number of fused-ring (bicyclic) bond motifs is 5. The summed E-state index contributed by atoms with van der Waals surface area (Å²) in [4.78, 5) is 36.0. The lowest BCUT2D eigenvalue weighted by atomic mass is 9.44. The van der Waals surface area contributed by atoms with Crippen molar-refractivity contribution in [1.82, 2.24) is 5.32 Å². The van der Waals surface area contributed by atoms with E-state index in [0.717, 1.165) is 75.9 Å². The van der Waals surface area contributed by atoms with Gasteiger partial charge in [-0.25, -0.2) is 0 Å². The molecule has 188 valence electrons. The van der Waals surface area contributed by atoms with Crippen molar-refractivity contribution in [3.63, 3.8) is 0 Å². The van der Waals surface area contributed by atoms with Gasteiger partial charge in [0.25, 0.3) is 0 Å². The number of nitrogens with one attached hydrogen (secondary N) is 1. The van der Waals surface area contributed by atoms with Gasteiger partial charge in [-0.15, -0.1) is 0 Å². The van der Waals surface area contributed by atoms with Crippen molar-refractivity contribution in [2.24, 2.45) is 44.8 Å². The summed E-state index contributed by atoms with van der Waals surface area (Å²) in [5.74, 6) is 1.42. The predicted molar refractivity (Wildman–Crippen MR) is 127 cm³/mol. The summed E-state index contributed by atoms with van der Waals surface area (Å²) in [6.07, 6.45) is 8.02. The van der Waals surface area contributed by atoms with Crippen LogP contribution in [0.3, 0.4) is 0 Å². The van der Waals surface area contributed by atoms with E-state index in [9.17, 15) is 9.59 Å². The van der Waals surface area contributed by atoms with Gasteiger partial charge in [0.1, 0.15) is 19.0 Å². The zero-order valence-electron chi connectivity index (χ0n) is 20.8. The molecular weight excluding hydrogens is 434 g/mol. The topological polar surface area (TPSA) is 98.6 Å². The summed E-state index contributed by atoms with van der Waals surface area (Å²) in [7, 11) is 1.60. The number of Topliss-reactive ketones (excluding diaryl/α,β-unsaturated/α-hetero) is 1. The molecule has 8 nitrogen and oxygen atoms in total. The Morgan fingerprint density at radius 3 is 2.71 bits per heavy atom. The number of hydrogen-bond donors (Lipinski definition) is 1. The van der Waals surface area contributed by atoms with Crippen LogP contribution in [0.1, 0.15) is 71.6 Å². The molecule has 1 N–H and O–H groups in total. The van der Waals surface area contributed by atoms with Crippen molar-refractivity contribution in [3.05, 3.63) is 0 Å². The highest BCUT2D eigenvalue weighted by Crippen LogP contribution is 2.65. The number of ether oxygens (including phenoxy) is 1. The first-order valence-corrected chi connectivity index (χ1v) is 13.1. The van der Waals surface area contributed by atoms with E-state index in [0.29, 0.717) is 36.6 Å². The molecule has 4 saturated carbocycles. The molecule has 34 heavy (non-hydrogen) atoms. The summed E-state index contributed by atoms with van der Waals surface area (Å²) in [5, 5.41) is 12.4. The van der Waals surface area contributed by atoms with Crippen molar-refractivity contribution in [2.75, 3.05) is 26.8 Å². The number of oxime groups is 2. The molecule has 5 rings (SSSR count). The summed E-state index contributed by atoms with van der Waals surface area (Å²) in [6.45, 7) is 5.88. The van der Waals surface area contributed by atoms with E-state index in [2.05, 4.69) is 22.6 Å². The highest BCUT2D eigenvalue weighted by atomic mass is 16.6. The lowest BCUT2D eigenvalue weighted by molar-refractivity contribution is -0.155. The fourth-order valence-corrected chi connectivity index (χ4v) is 8.11. The van der Waals surface area contributed by atoms with Crippen molar-refractivity contribution in [2.45, 2.75) is 77.7 Å². The van der Waals surface area contributed by atoms with E-state index in [1.165, 1.54) is 6.92 Å². The molecule has 7 atom stereocenters. The van der Waals surface area contributed by atoms with Crippen LogP contribution >= 0.6 is 0 Å². The van der Waals surface area contributed by atoms with Crippen LogP contribution < -0.4 is 5.32 Å². The monoisotopic (exact) mass is 473 g/mol. The summed E-state index contributed by atoms with van der Waals surface area (Å²) < 4.78 is 5.77. The fraction of sp³-hybridized carbons (Fsp3) is 0.846. The van der Waals surface area contributed by atoms with Crippen LogP contribution in [0.25, 0.3) is 0 Å². The largest absolute Gasteiger partial charge is 0.465 e. The molecule has 0 radical (unpaired) electrons. The zero-order chi connectivity index (χ0) is 23.9. The van der Waals surface area contributed by atoms with E-state index < -0.39 is 0 Å². The van der Waals surface area contributed by atoms with Gasteiger partial charge in [-0.05, 0) is 69.2 Å². The van der Waals surface area contributed by atoms with Crippen molar-refractivity contribution < 1.29 is 24.0 Å². The van der Waals surface area contributed by atoms with Crippen molar-refractivity contribution >= 4 is 23.2 Å². The number of nitrogens with zero attached hydrogens (tertiary/aromatic N) is 2. The second-order valence-electron chi connectivity index (χ2n) is 11.4. The van der Waals surface area contributed by atoms with Crippen LogP contribution in [0.4, 0.5) is 0 Å². The molecule has 5 aliphatic rings. The van der Waals surface area contributed by atoms with Crippen LogP contribution in [0.2, 0.25) is 0 Å². The lowest BCUT2D eigenvalue weighted by Gasteiger charge is -2.60. The van der Waals surface area contributed by atoms with E-state index in [1.807, 2.05) is 0 Å². The van der Waals surface area contributed by atoms with Gasteiger partial charge < -0.3 is 19.7 Å². The van der Waals surface area contributed by atoms with Gasteiger partial charge in [-0.1, -0.05) is 17.2 Å².